The predicted octanol–water partition coefficient (Wildman–Crippen LogP) is 4.94. The summed E-state index contributed by atoms with van der Waals surface area (Å²) in [7, 11) is 0. The number of thiophene rings is 1. The van der Waals surface area contributed by atoms with Gasteiger partial charge in [0, 0.05) is 23.2 Å². The lowest BCUT2D eigenvalue weighted by molar-refractivity contribution is -0.140. The van der Waals surface area contributed by atoms with Gasteiger partial charge in [-0.15, -0.1) is 16.4 Å². The molecule has 1 atom stereocenters. The van der Waals surface area contributed by atoms with E-state index in [1.165, 1.54) is 11.3 Å². The molecule has 10 heteroatoms. The summed E-state index contributed by atoms with van der Waals surface area (Å²) in [6, 6.07) is 23.4. The lowest BCUT2D eigenvalue weighted by Crippen LogP contribution is -2.42. The summed E-state index contributed by atoms with van der Waals surface area (Å²) in [6.07, 6.45) is 0. The Kier molecular flexibility index (Phi) is 6.68. The lowest BCUT2D eigenvalue weighted by atomic mass is 10.1. The van der Waals surface area contributed by atoms with Crippen molar-refractivity contribution < 1.29 is 19.1 Å². The molecule has 2 aromatic heterocycles. The molecule has 0 aliphatic carbocycles. The van der Waals surface area contributed by atoms with Crippen LogP contribution < -0.4 is 14.8 Å². The molecule has 9 nitrogen and oxygen atoms in total. The first-order valence-corrected chi connectivity index (χ1v) is 13.3. The van der Waals surface area contributed by atoms with E-state index in [1.54, 1.807) is 27.8 Å². The monoisotopic (exact) mass is 539 g/mol. The minimum absolute atomic E-state index is 0.0639. The molecule has 1 N–H and O–H groups in total. The van der Waals surface area contributed by atoms with Gasteiger partial charge in [0.2, 0.25) is 12.7 Å². The number of aromatic nitrogens is 3. The number of carbonyl (C=O) groups excluding carboxylic acids is 2. The molecule has 1 unspecified atom stereocenters. The molecule has 0 saturated carbocycles. The Hall–Kier alpha value is -4.70. The van der Waals surface area contributed by atoms with Gasteiger partial charge in [0.1, 0.15) is 18.1 Å². The van der Waals surface area contributed by atoms with Crippen LogP contribution in [0.4, 0.5) is 5.69 Å². The molecule has 196 valence electrons. The zero-order chi connectivity index (χ0) is 26.8. The summed E-state index contributed by atoms with van der Waals surface area (Å²) in [5, 5.41) is 13.3. The van der Waals surface area contributed by atoms with Crippen LogP contribution >= 0.6 is 11.3 Å². The standard InChI is InChI=1S/C29H25N5O4S/c1-19-7-2-3-8-20(19)16-33(27(35)17-34-23-10-5-4-9-22(23)31-32-34)28(26-11-6-14-39-26)29(36)30-21-12-13-24-25(15-21)38-18-37-24/h2-15,28H,16-18H2,1H3,(H,30,36). The lowest BCUT2D eigenvalue weighted by Gasteiger charge is -2.31. The smallest absolute Gasteiger partial charge is 0.252 e. The van der Waals surface area contributed by atoms with Crippen molar-refractivity contribution in [3.8, 4) is 11.5 Å². The van der Waals surface area contributed by atoms with Gasteiger partial charge < -0.3 is 19.7 Å². The number of nitrogens with zero attached hydrogens (tertiary/aromatic N) is 4. The predicted molar refractivity (Wildman–Crippen MR) is 148 cm³/mol. The molecule has 39 heavy (non-hydrogen) atoms. The van der Waals surface area contributed by atoms with E-state index in [9.17, 15) is 9.59 Å². The minimum atomic E-state index is -0.877. The summed E-state index contributed by atoms with van der Waals surface area (Å²) in [5.74, 6) is 0.598. The van der Waals surface area contributed by atoms with Gasteiger partial charge in [-0.05, 0) is 53.8 Å². The number of amides is 2. The first kappa shape index (κ1) is 24.6. The van der Waals surface area contributed by atoms with E-state index in [1.807, 2.05) is 73.0 Å². The first-order valence-electron chi connectivity index (χ1n) is 12.4. The Morgan fingerprint density at radius 2 is 1.85 bits per heavy atom. The highest BCUT2D eigenvalue weighted by molar-refractivity contribution is 7.10. The van der Waals surface area contributed by atoms with Crippen LogP contribution in [0.1, 0.15) is 22.0 Å². The maximum absolute atomic E-state index is 14.0. The molecule has 5 aromatic rings. The third-order valence-corrected chi connectivity index (χ3v) is 7.57. The third kappa shape index (κ3) is 5.06. The fourth-order valence-corrected chi connectivity index (χ4v) is 5.44. The zero-order valence-electron chi connectivity index (χ0n) is 21.1. The normalized spacial score (nSPS) is 12.8. The van der Waals surface area contributed by atoms with Gasteiger partial charge in [0.25, 0.3) is 5.91 Å². The van der Waals surface area contributed by atoms with Gasteiger partial charge in [0.05, 0.1) is 5.52 Å². The molecule has 2 amide bonds. The highest BCUT2D eigenvalue weighted by Crippen LogP contribution is 2.35. The Morgan fingerprint density at radius 3 is 2.69 bits per heavy atom. The number of fused-ring (bicyclic) bond motifs is 2. The summed E-state index contributed by atoms with van der Waals surface area (Å²) >= 11 is 1.43. The highest BCUT2D eigenvalue weighted by Gasteiger charge is 2.33. The summed E-state index contributed by atoms with van der Waals surface area (Å²) in [4.78, 5) is 30.4. The van der Waals surface area contributed by atoms with Crippen LogP contribution in [0.2, 0.25) is 0 Å². The van der Waals surface area contributed by atoms with Gasteiger partial charge in [-0.1, -0.05) is 47.7 Å². The van der Waals surface area contributed by atoms with Crippen LogP contribution in [0.5, 0.6) is 11.5 Å². The van der Waals surface area contributed by atoms with Crippen molar-refractivity contribution in [2.45, 2.75) is 26.1 Å². The maximum atomic E-state index is 14.0. The number of rotatable bonds is 8. The molecule has 1 aliphatic rings. The second-order valence-electron chi connectivity index (χ2n) is 9.16. The van der Waals surface area contributed by atoms with E-state index in [2.05, 4.69) is 15.6 Å². The summed E-state index contributed by atoms with van der Waals surface area (Å²) < 4.78 is 12.4. The summed E-state index contributed by atoms with van der Waals surface area (Å²) in [6.45, 7) is 2.32. The van der Waals surface area contributed by atoms with E-state index in [-0.39, 0.29) is 31.7 Å². The number of anilines is 1. The minimum Gasteiger partial charge on any atom is -0.454 e. The fraction of sp³-hybridized carbons (Fsp3) is 0.172. The average molecular weight is 540 g/mol. The number of aryl methyl sites for hydroxylation is 1. The fourth-order valence-electron chi connectivity index (χ4n) is 4.60. The van der Waals surface area contributed by atoms with Crippen molar-refractivity contribution in [3.05, 3.63) is 100 Å². The number of hydrogen-bond acceptors (Lipinski definition) is 7. The quantitative estimate of drug-likeness (QED) is 0.300. The molecule has 3 aromatic carbocycles. The SMILES string of the molecule is Cc1ccccc1CN(C(=O)Cn1nnc2ccccc21)C(C(=O)Nc1ccc2c(c1)OCO2)c1cccs1. The van der Waals surface area contributed by atoms with Crippen molar-refractivity contribution in [2.24, 2.45) is 0 Å². The van der Waals surface area contributed by atoms with Crippen molar-refractivity contribution in [1.82, 2.24) is 19.9 Å². The topological polar surface area (TPSA) is 98.6 Å². The van der Waals surface area contributed by atoms with Gasteiger partial charge >= 0.3 is 0 Å². The second-order valence-corrected chi connectivity index (χ2v) is 10.1. The number of nitrogens with one attached hydrogen (secondary N) is 1. The number of hydrogen-bond donors (Lipinski definition) is 1. The van der Waals surface area contributed by atoms with Crippen molar-refractivity contribution in [3.63, 3.8) is 0 Å². The zero-order valence-corrected chi connectivity index (χ0v) is 21.9. The van der Waals surface area contributed by atoms with Gasteiger partial charge in [-0.25, -0.2) is 4.68 Å². The largest absolute Gasteiger partial charge is 0.454 e. The molecule has 0 spiro atoms. The van der Waals surface area contributed by atoms with E-state index in [0.717, 1.165) is 21.5 Å². The summed E-state index contributed by atoms with van der Waals surface area (Å²) in [5.41, 5.74) is 3.98. The van der Waals surface area contributed by atoms with Gasteiger partial charge in [-0.3, -0.25) is 9.59 Å². The van der Waals surface area contributed by atoms with Gasteiger partial charge in [-0.2, -0.15) is 0 Å². The van der Waals surface area contributed by atoms with Gasteiger partial charge in [0.15, 0.2) is 11.5 Å². The molecule has 0 radical (unpaired) electrons. The Morgan fingerprint density at radius 1 is 1.03 bits per heavy atom. The number of carbonyl (C=O) groups is 2. The van der Waals surface area contributed by atoms with Crippen LogP contribution in [0.15, 0.2) is 84.2 Å². The second kappa shape index (κ2) is 10.6. The maximum Gasteiger partial charge on any atom is 0.252 e. The van der Waals surface area contributed by atoms with Crippen LogP contribution in [0, 0.1) is 6.92 Å². The number of para-hydroxylation sites is 1. The van der Waals surface area contributed by atoms with E-state index in [4.69, 9.17) is 9.47 Å². The van der Waals surface area contributed by atoms with Crippen molar-refractivity contribution in [2.75, 3.05) is 12.1 Å². The Bertz CT molecular complexity index is 1650. The molecular formula is C29H25N5O4S. The van der Waals surface area contributed by atoms with Crippen LogP contribution in [0.3, 0.4) is 0 Å². The third-order valence-electron chi connectivity index (χ3n) is 6.64. The molecule has 6 rings (SSSR count). The molecule has 0 bridgehead atoms. The average Bonchev–Trinajstić information content (AvgIpc) is 3.71. The molecule has 1 aliphatic heterocycles. The van der Waals surface area contributed by atoms with Crippen LogP contribution in [-0.4, -0.2) is 38.5 Å². The van der Waals surface area contributed by atoms with Crippen molar-refractivity contribution >= 4 is 39.9 Å². The molecule has 0 saturated heterocycles. The first-order chi connectivity index (χ1) is 19.1. The van der Waals surface area contributed by atoms with E-state index in [0.29, 0.717) is 22.7 Å². The van der Waals surface area contributed by atoms with Crippen LogP contribution in [0.25, 0.3) is 11.0 Å². The van der Waals surface area contributed by atoms with E-state index < -0.39 is 6.04 Å². The highest BCUT2D eigenvalue weighted by atomic mass is 32.1. The molecule has 3 heterocycles. The molecular weight excluding hydrogens is 514 g/mol. The molecule has 0 fully saturated rings. The number of ether oxygens (including phenoxy) is 2. The van der Waals surface area contributed by atoms with E-state index >= 15 is 0 Å². The Balaban J connectivity index is 1.36. The van der Waals surface area contributed by atoms with Crippen LogP contribution in [-0.2, 0) is 22.7 Å². The number of benzene rings is 3. The Labute approximate surface area is 228 Å². The van der Waals surface area contributed by atoms with Crippen molar-refractivity contribution in [1.29, 1.82) is 0 Å².